The predicted octanol–water partition coefficient (Wildman–Crippen LogP) is 5.91. The van der Waals surface area contributed by atoms with Gasteiger partial charge in [0, 0.05) is 12.1 Å². The molecule has 1 heterocycles. The number of aromatic nitrogens is 2. The van der Waals surface area contributed by atoms with Crippen LogP contribution in [-0.2, 0) is 6.54 Å². The number of fused-ring (bicyclic) bond motifs is 2. The Bertz CT molecular complexity index is 1290. The summed E-state index contributed by atoms with van der Waals surface area (Å²) in [6, 6.07) is 31.5. The van der Waals surface area contributed by atoms with Gasteiger partial charge in [0.2, 0.25) is 0 Å². The molecule has 3 heteroatoms. The summed E-state index contributed by atoms with van der Waals surface area (Å²) in [6.07, 6.45) is 0. The molecule has 0 spiro atoms. The molecule has 28 heavy (non-hydrogen) atoms. The molecular formula is C25H20N2O. The number of para-hydroxylation sites is 2. The Balaban J connectivity index is 1.66. The second-order valence-electron chi connectivity index (χ2n) is 6.92. The highest BCUT2D eigenvalue weighted by molar-refractivity contribution is 5.84. The molecule has 0 aliphatic heterocycles. The van der Waals surface area contributed by atoms with Gasteiger partial charge < -0.3 is 9.30 Å². The third-order valence-corrected chi connectivity index (χ3v) is 5.14. The number of benzene rings is 4. The molecule has 0 radical (unpaired) electrons. The fraction of sp³-hybridized carbons (Fsp3) is 0.0800. The van der Waals surface area contributed by atoms with Crippen molar-refractivity contribution in [3.63, 3.8) is 0 Å². The normalized spacial score (nSPS) is 11.2. The number of imidazole rings is 1. The Morgan fingerprint density at radius 3 is 2.50 bits per heavy atom. The van der Waals surface area contributed by atoms with Gasteiger partial charge in [0.05, 0.1) is 18.1 Å². The first-order valence-corrected chi connectivity index (χ1v) is 9.39. The van der Waals surface area contributed by atoms with Gasteiger partial charge in [-0.3, -0.25) is 0 Å². The van der Waals surface area contributed by atoms with Crippen molar-refractivity contribution in [2.24, 2.45) is 0 Å². The summed E-state index contributed by atoms with van der Waals surface area (Å²) in [5.41, 5.74) is 4.44. The van der Waals surface area contributed by atoms with E-state index < -0.39 is 0 Å². The minimum atomic E-state index is 0.762. The molecule has 0 unspecified atom stereocenters. The molecule has 0 amide bonds. The summed E-state index contributed by atoms with van der Waals surface area (Å²) in [4.78, 5) is 4.92. The number of rotatable bonds is 4. The monoisotopic (exact) mass is 364 g/mol. The smallest absolute Gasteiger partial charge is 0.141 e. The average Bonchev–Trinajstić information content (AvgIpc) is 3.12. The van der Waals surface area contributed by atoms with Gasteiger partial charge in [-0.25, -0.2) is 4.98 Å². The zero-order chi connectivity index (χ0) is 18.9. The number of ether oxygens (including phenoxy) is 1. The standard InChI is InChI=1S/C25H20N2O/c1-28-22-10-6-9-21(16-22)25-26-23-11-4-5-12-24(23)27(25)17-18-13-14-19-7-2-3-8-20(19)15-18/h2-16H,17H2,1H3. The largest absolute Gasteiger partial charge is 0.497 e. The van der Waals surface area contributed by atoms with Gasteiger partial charge in [-0.1, -0.05) is 60.7 Å². The first kappa shape index (κ1) is 16.6. The molecule has 0 aliphatic rings. The minimum absolute atomic E-state index is 0.762. The van der Waals surface area contributed by atoms with Gasteiger partial charge in [-0.05, 0) is 46.7 Å². The van der Waals surface area contributed by atoms with Gasteiger partial charge in [0.15, 0.2) is 0 Å². The Morgan fingerprint density at radius 1 is 0.786 bits per heavy atom. The van der Waals surface area contributed by atoms with E-state index in [4.69, 9.17) is 9.72 Å². The molecule has 5 aromatic rings. The molecule has 4 aromatic carbocycles. The van der Waals surface area contributed by atoms with Crippen LogP contribution in [-0.4, -0.2) is 16.7 Å². The third-order valence-electron chi connectivity index (χ3n) is 5.14. The third kappa shape index (κ3) is 2.91. The SMILES string of the molecule is COc1cccc(-c2nc3ccccc3n2Cc2ccc3ccccc3c2)c1. The average molecular weight is 364 g/mol. The number of hydrogen-bond donors (Lipinski definition) is 0. The van der Waals surface area contributed by atoms with Crippen molar-refractivity contribution >= 4 is 21.8 Å². The van der Waals surface area contributed by atoms with Crippen LogP contribution in [0.4, 0.5) is 0 Å². The molecule has 0 saturated carbocycles. The topological polar surface area (TPSA) is 27.1 Å². The van der Waals surface area contributed by atoms with E-state index >= 15 is 0 Å². The molecule has 136 valence electrons. The van der Waals surface area contributed by atoms with Crippen LogP contribution in [0.2, 0.25) is 0 Å². The predicted molar refractivity (Wildman–Crippen MR) is 115 cm³/mol. The highest BCUT2D eigenvalue weighted by Gasteiger charge is 2.13. The van der Waals surface area contributed by atoms with Crippen molar-refractivity contribution in [3.05, 3.63) is 96.6 Å². The van der Waals surface area contributed by atoms with E-state index in [-0.39, 0.29) is 0 Å². The molecule has 0 atom stereocenters. The maximum atomic E-state index is 5.42. The van der Waals surface area contributed by atoms with E-state index in [0.29, 0.717) is 0 Å². The first-order chi connectivity index (χ1) is 13.8. The zero-order valence-corrected chi connectivity index (χ0v) is 15.7. The van der Waals surface area contributed by atoms with Crippen LogP contribution >= 0.6 is 0 Å². The first-order valence-electron chi connectivity index (χ1n) is 9.39. The second kappa shape index (κ2) is 6.86. The van der Waals surface area contributed by atoms with Gasteiger partial charge in [0.25, 0.3) is 0 Å². The summed E-state index contributed by atoms with van der Waals surface area (Å²) in [5, 5.41) is 2.52. The highest BCUT2D eigenvalue weighted by Crippen LogP contribution is 2.28. The lowest BCUT2D eigenvalue weighted by atomic mass is 10.1. The summed E-state index contributed by atoms with van der Waals surface area (Å²) in [6.45, 7) is 0.762. The Morgan fingerprint density at radius 2 is 1.61 bits per heavy atom. The molecule has 0 aliphatic carbocycles. The Hall–Kier alpha value is -3.59. The van der Waals surface area contributed by atoms with Crippen LogP contribution in [0.25, 0.3) is 33.2 Å². The molecule has 3 nitrogen and oxygen atoms in total. The van der Waals surface area contributed by atoms with E-state index in [1.165, 1.54) is 16.3 Å². The van der Waals surface area contributed by atoms with Crippen molar-refractivity contribution in [1.82, 2.24) is 9.55 Å². The quantitative estimate of drug-likeness (QED) is 0.396. The van der Waals surface area contributed by atoms with E-state index in [1.807, 2.05) is 24.3 Å². The molecule has 0 N–H and O–H groups in total. The van der Waals surface area contributed by atoms with Gasteiger partial charge >= 0.3 is 0 Å². The maximum Gasteiger partial charge on any atom is 0.141 e. The molecular weight excluding hydrogens is 344 g/mol. The molecule has 0 fully saturated rings. The number of methoxy groups -OCH3 is 1. The summed E-state index contributed by atoms with van der Waals surface area (Å²) in [7, 11) is 1.69. The molecule has 0 bridgehead atoms. The van der Waals surface area contributed by atoms with Crippen LogP contribution in [0.15, 0.2) is 91.0 Å². The maximum absolute atomic E-state index is 5.42. The van der Waals surface area contributed by atoms with Gasteiger partial charge in [0.1, 0.15) is 11.6 Å². The van der Waals surface area contributed by atoms with Crippen molar-refractivity contribution in [2.75, 3.05) is 7.11 Å². The van der Waals surface area contributed by atoms with Crippen molar-refractivity contribution in [2.45, 2.75) is 6.54 Å². The van der Waals surface area contributed by atoms with Crippen molar-refractivity contribution in [1.29, 1.82) is 0 Å². The van der Waals surface area contributed by atoms with Gasteiger partial charge in [-0.2, -0.15) is 0 Å². The minimum Gasteiger partial charge on any atom is -0.497 e. The van der Waals surface area contributed by atoms with Crippen LogP contribution in [0, 0.1) is 0 Å². The fourth-order valence-corrected chi connectivity index (χ4v) is 3.74. The fourth-order valence-electron chi connectivity index (χ4n) is 3.74. The van der Waals surface area contributed by atoms with Crippen LogP contribution in [0.1, 0.15) is 5.56 Å². The van der Waals surface area contributed by atoms with Crippen molar-refractivity contribution < 1.29 is 4.74 Å². The second-order valence-corrected chi connectivity index (χ2v) is 6.92. The lowest BCUT2D eigenvalue weighted by Gasteiger charge is -2.11. The van der Waals surface area contributed by atoms with Crippen LogP contribution in [0.5, 0.6) is 5.75 Å². The lowest BCUT2D eigenvalue weighted by molar-refractivity contribution is 0.415. The lowest BCUT2D eigenvalue weighted by Crippen LogP contribution is -2.02. The van der Waals surface area contributed by atoms with Crippen LogP contribution < -0.4 is 4.74 Å². The van der Waals surface area contributed by atoms with E-state index in [1.54, 1.807) is 7.11 Å². The number of hydrogen-bond acceptors (Lipinski definition) is 2. The van der Waals surface area contributed by atoms with Gasteiger partial charge in [-0.15, -0.1) is 0 Å². The molecule has 0 saturated heterocycles. The highest BCUT2D eigenvalue weighted by atomic mass is 16.5. The van der Waals surface area contributed by atoms with E-state index in [2.05, 4.69) is 71.3 Å². The van der Waals surface area contributed by atoms with Crippen molar-refractivity contribution in [3.8, 4) is 17.1 Å². The summed E-state index contributed by atoms with van der Waals surface area (Å²) < 4.78 is 7.71. The number of nitrogens with zero attached hydrogens (tertiary/aromatic N) is 2. The summed E-state index contributed by atoms with van der Waals surface area (Å²) in [5.74, 6) is 1.79. The Kier molecular flexibility index (Phi) is 4.06. The Labute approximate surface area is 163 Å². The van der Waals surface area contributed by atoms with Crippen LogP contribution in [0.3, 0.4) is 0 Å². The molecule has 5 rings (SSSR count). The van der Waals surface area contributed by atoms with E-state index in [0.717, 1.165) is 34.7 Å². The summed E-state index contributed by atoms with van der Waals surface area (Å²) >= 11 is 0. The molecule has 1 aromatic heterocycles. The zero-order valence-electron chi connectivity index (χ0n) is 15.7. The van der Waals surface area contributed by atoms with E-state index in [9.17, 15) is 0 Å².